The van der Waals surface area contributed by atoms with Gasteiger partial charge in [-0.3, -0.25) is 9.59 Å². The first-order chi connectivity index (χ1) is 19.2. The SMILES string of the molecule is CCC(=O)OCO/N=[N+](\[O-])N(C)CC(=O)NS(=O)(=O)c1ccc(-n2nc(C(F)(F)F)cc2-c2ccc(C)cc2)cc1. The molecule has 1 amide bonds. The van der Waals surface area contributed by atoms with E-state index in [1.165, 1.54) is 12.1 Å². The Morgan fingerprint density at radius 2 is 1.78 bits per heavy atom. The number of sulfonamides is 1. The number of aromatic nitrogens is 2. The fraction of sp³-hybridized carbons (Fsp3) is 0.292. The third kappa shape index (κ3) is 8.17. The maximum absolute atomic E-state index is 13.4. The molecule has 2 aromatic carbocycles. The topological polar surface area (TPSA) is 158 Å². The van der Waals surface area contributed by atoms with Crippen molar-refractivity contribution >= 4 is 21.9 Å². The Hall–Kier alpha value is -4.67. The van der Waals surface area contributed by atoms with Crippen LogP contribution >= 0.6 is 0 Å². The van der Waals surface area contributed by atoms with E-state index in [-0.39, 0.29) is 27.7 Å². The second-order valence-corrected chi connectivity index (χ2v) is 10.2. The minimum Gasteiger partial charge on any atom is -0.569 e. The molecule has 0 saturated heterocycles. The molecule has 0 unspecified atom stereocenters. The molecular formula is C24H25F3N6O7S. The lowest BCUT2D eigenvalue weighted by atomic mass is 10.1. The van der Waals surface area contributed by atoms with E-state index in [1.54, 1.807) is 35.9 Å². The summed E-state index contributed by atoms with van der Waals surface area (Å²) in [6.07, 6.45) is -4.63. The molecule has 0 bridgehead atoms. The number of alkyl halides is 3. The summed E-state index contributed by atoms with van der Waals surface area (Å²) in [6, 6.07) is 12.3. The number of halogens is 3. The second kappa shape index (κ2) is 12.7. The Morgan fingerprint density at radius 1 is 1.15 bits per heavy atom. The van der Waals surface area contributed by atoms with E-state index >= 15 is 0 Å². The summed E-state index contributed by atoms with van der Waals surface area (Å²) < 4.78 is 73.0. The summed E-state index contributed by atoms with van der Waals surface area (Å²) in [6.45, 7) is 1.98. The van der Waals surface area contributed by atoms with Crippen LogP contribution in [0.5, 0.6) is 0 Å². The zero-order valence-electron chi connectivity index (χ0n) is 22.0. The van der Waals surface area contributed by atoms with Crippen LogP contribution in [0.3, 0.4) is 0 Å². The van der Waals surface area contributed by atoms with Gasteiger partial charge in [0.05, 0.1) is 28.3 Å². The number of carbonyl (C=O) groups excluding carboxylic acids is 2. The highest BCUT2D eigenvalue weighted by atomic mass is 32.2. The molecule has 0 atom stereocenters. The van der Waals surface area contributed by atoms with Gasteiger partial charge in [-0.25, -0.2) is 17.8 Å². The quantitative estimate of drug-likeness (QED) is 0.0873. The van der Waals surface area contributed by atoms with Crippen molar-refractivity contribution in [3.8, 4) is 16.9 Å². The maximum atomic E-state index is 13.4. The first-order valence-electron chi connectivity index (χ1n) is 11.8. The summed E-state index contributed by atoms with van der Waals surface area (Å²) in [5, 5.41) is 19.2. The van der Waals surface area contributed by atoms with Gasteiger partial charge in [0.15, 0.2) is 12.2 Å². The number of hydrogen-bond donors (Lipinski definition) is 1. The maximum Gasteiger partial charge on any atom is 0.435 e. The molecule has 41 heavy (non-hydrogen) atoms. The van der Waals surface area contributed by atoms with Crippen molar-refractivity contribution in [1.29, 1.82) is 0 Å². The van der Waals surface area contributed by atoms with Crippen molar-refractivity contribution in [3.63, 3.8) is 0 Å². The van der Waals surface area contributed by atoms with Crippen LogP contribution in [0.2, 0.25) is 0 Å². The molecule has 0 aliphatic heterocycles. The highest BCUT2D eigenvalue weighted by Gasteiger charge is 2.35. The number of nitrogens with zero attached hydrogens (tertiary/aromatic N) is 5. The van der Waals surface area contributed by atoms with Crippen molar-refractivity contribution in [2.45, 2.75) is 31.3 Å². The molecular weight excluding hydrogens is 573 g/mol. The standard InChI is InChI=1S/C24H25F3N6O7S/c1-4-23(35)39-15-40-30-33(36)31(3)14-22(34)29-41(37,38)19-11-9-18(10-12-19)32-20(13-21(28-32)24(25,26)27)17-7-5-16(2)6-8-17/h5-13H,4,14-15H2,1-3H3,(H,29,34)/b33-30-. The molecule has 0 aliphatic carbocycles. The smallest absolute Gasteiger partial charge is 0.435 e. The highest BCUT2D eigenvalue weighted by Crippen LogP contribution is 2.33. The van der Waals surface area contributed by atoms with Gasteiger partial charge < -0.3 is 14.8 Å². The zero-order valence-corrected chi connectivity index (χ0v) is 22.8. The van der Waals surface area contributed by atoms with Crippen molar-refractivity contribution < 1.29 is 45.7 Å². The molecule has 0 spiro atoms. The van der Waals surface area contributed by atoms with Gasteiger partial charge >= 0.3 is 12.1 Å². The molecule has 1 aromatic heterocycles. The molecule has 0 radical (unpaired) electrons. The van der Waals surface area contributed by atoms with E-state index in [9.17, 15) is 36.4 Å². The summed E-state index contributed by atoms with van der Waals surface area (Å²) in [7, 11) is -3.31. The molecule has 0 fully saturated rings. The fourth-order valence-corrected chi connectivity index (χ4v) is 4.23. The summed E-state index contributed by atoms with van der Waals surface area (Å²) >= 11 is 0. The third-order valence-corrected chi connectivity index (χ3v) is 6.73. The van der Waals surface area contributed by atoms with Gasteiger partial charge in [0, 0.05) is 12.0 Å². The number of hydrazine groups is 1. The van der Waals surface area contributed by atoms with E-state index in [0.717, 1.165) is 35.5 Å². The average molecular weight is 599 g/mol. The number of amides is 1. The Balaban J connectivity index is 1.73. The number of benzene rings is 2. The van der Waals surface area contributed by atoms with Crippen LogP contribution in [-0.4, -0.2) is 60.4 Å². The predicted molar refractivity (Wildman–Crippen MR) is 135 cm³/mol. The van der Waals surface area contributed by atoms with E-state index in [4.69, 9.17) is 0 Å². The van der Waals surface area contributed by atoms with Crippen LogP contribution in [-0.2, 0) is 35.4 Å². The largest absolute Gasteiger partial charge is 0.569 e. The minimum atomic E-state index is -4.72. The molecule has 0 saturated carbocycles. The molecule has 3 rings (SSSR count). The zero-order chi connectivity index (χ0) is 30.4. The van der Waals surface area contributed by atoms with E-state index < -0.39 is 47.1 Å². The molecule has 0 aliphatic rings. The van der Waals surface area contributed by atoms with Gasteiger partial charge in [0.2, 0.25) is 5.28 Å². The Kier molecular flexibility index (Phi) is 9.54. The van der Waals surface area contributed by atoms with E-state index in [0.29, 0.717) is 10.6 Å². The summed E-state index contributed by atoms with van der Waals surface area (Å²) in [5.74, 6) is -1.69. The molecule has 1 heterocycles. The summed E-state index contributed by atoms with van der Waals surface area (Å²) in [4.78, 5) is 27.2. The first kappa shape index (κ1) is 30.9. The third-order valence-electron chi connectivity index (χ3n) is 5.34. The van der Waals surface area contributed by atoms with Crippen molar-refractivity contribution in [1.82, 2.24) is 19.5 Å². The van der Waals surface area contributed by atoms with Gasteiger partial charge in [0.25, 0.3) is 22.7 Å². The molecule has 13 nitrogen and oxygen atoms in total. The van der Waals surface area contributed by atoms with Gasteiger partial charge in [-0.1, -0.05) is 36.8 Å². The van der Waals surface area contributed by atoms with Gasteiger partial charge in [-0.15, -0.1) is 5.01 Å². The van der Waals surface area contributed by atoms with Gasteiger partial charge in [-0.05, 0) is 37.3 Å². The lowest BCUT2D eigenvalue weighted by molar-refractivity contribution is -0.704. The van der Waals surface area contributed by atoms with Crippen LogP contribution in [0, 0.1) is 12.1 Å². The molecule has 17 heteroatoms. The monoisotopic (exact) mass is 598 g/mol. The first-order valence-corrected chi connectivity index (χ1v) is 13.3. The number of carbonyl (C=O) groups is 2. The number of ether oxygens (including phenoxy) is 1. The number of nitrogens with one attached hydrogen (secondary N) is 1. The Labute approximate surface area is 232 Å². The van der Waals surface area contributed by atoms with E-state index in [1.807, 2.05) is 6.92 Å². The lowest BCUT2D eigenvalue weighted by Crippen LogP contribution is -2.40. The van der Waals surface area contributed by atoms with E-state index in [2.05, 4.69) is 20.0 Å². The number of rotatable bonds is 11. The van der Waals surface area contributed by atoms with Gasteiger partial charge in [-0.2, -0.15) is 18.3 Å². The number of esters is 1. The lowest BCUT2D eigenvalue weighted by Gasteiger charge is -2.13. The number of hydrogen-bond acceptors (Lipinski definition) is 9. The minimum absolute atomic E-state index is 0.0818. The van der Waals surface area contributed by atoms with Crippen molar-refractivity contribution in [2.24, 2.45) is 5.28 Å². The van der Waals surface area contributed by atoms with Crippen molar-refractivity contribution in [3.05, 3.63) is 71.1 Å². The van der Waals surface area contributed by atoms with Crippen LogP contribution in [0.25, 0.3) is 16.9 Å². The van der Waals surface area contributed by atoms with Gasteiger partial charge in [0.1, 0.15) is 0 Å². The normalized spacial score (nSPS) is 12.1. The average Bonchev–Trinajstić information content (AvgIpc) is 3.37. The fourth-order valence-electron chi connectivity index (χ4n) is 3.25. The Morgan fingerprint density at radius 3 is 2.37 bits per heavy atom. The highest BCUT2D eigenvalue weighted by molar-refractivity contribution is 7.90. The van der Waals surface area contributed by atoms with Crippen LogP contribution < -0.4 is 4.72 Å². The van der Waals surface area contributed by atoms with Crippen molar-refractivity contribution in [2.75, 3.05) is 20.4 Å². The molecule has 220 valence electrons. The molecule has 1 N–H and O–H groups in total. The van der Waals surface area contributed by atoms with Crippen LogP contribution in [0.4, 0.5) is 13.2 Å². The van der Waals surface area contributed by atoms with Crippen LogP contribution in [0.15, 0.2) is 64.8 Å². The number of likely N-dealkylation sites (N-methyl/N-ethyl adjacent to an activating group) is 1. The Bertz CT molecular complexity index is 1520. The second-order valence-electron chi connectivity index (χ2n) is 8.48. The summed E-state index contributed by atoms with van der Waals surface area (Å²) in [5.41, 5.74) is 0.489. The molecule has 3 aromatic rings. The number of aryl methyl sites for hydroxylation is 1. The predicted octanol–water partition coefficient (Wildman–Crippen LogP) is 3.32. The van der Waals surface area contributed by atoms with Crippen LogP contribution in [0.1, 0.15) is 24.6 Å².